The van der Waals surface area contributed by atoms with Crippen molar-refractivity contribution in [2.24, 2.45) is 0 Å². The second-order valence-electron chi connectivity index (χ2n) is 8.06. The first-order valence-corrected chi connectivity index (χ1v) is 9.67. The van der Waals surface area contributed by atoms with Gasteiger partial charge in [-0.2, -0.15) is 0 Å². The monoisotopic (exact) mass is 423 g/mol. The Kier molecular flexibility index (Phi) is 4.09. The molecule has 0 radical (unpaired) electrons. The van der Waals surface area contributed by atoms with Gasteiger partial charge in [0.1, 0.15) is 10.2 Å². The molecule has 2 fully saturated rings. The fourth-order valence-corrected chi connectivity index (χ4v) is 3.63. The molecule has 8 nitrogen and oxygen atoms in total. The van der Waals surface area contributed by atoms with E-state index in [1.807, 2.05) is 20.8 Å². The number of fused-ring (bicyclic) bond motifs is 1. The highest BCUT2D eigenvalue weighted by Crippen LogP contribution is 2.38. The fraction of sp³-hybridized carbons (Fsp3) is 0.647. The Hall–Kier alpha value is -1.90. The number of hydrogen-bond donors (Lipinski definition) is 1. The number of ether oxygens (including phenoxy) is 1. The highest BCUT2D eigenvalue weighted by molar-refractivity contribution is 9.10. The van der Waals surface area contributed by atoms with E-state index in [4.69, 9.17) is 4.74 Å². The molecule has 2 aliphatic rings. The minimum Gasteiger partial charge on any atom is -0.444 e. The summed E-state index contributed by atoms with van der Waals surface area (Å²) < 4.78 is 9.41. The first-order valence-electron chi connectivity index (χ1n) is 8.87. The van der Waals surface area contributed by atoms with Gasteiger partial charge in [-0.05, 0) is 62.4 Å². The molecule has 2 aromatic rings. The molecule has 0 unspecified atom stereocenters. The Morgan fingerprint density at radius 2 is 1.88 bits per heavy atom. The maximum Gasteiger partial charge on any atom is 0.407 e. The van der Waals surface area contributed by atoms with Crippen LogP contribution in [0.15, 0.2) is 15.6 Å². The largest absolute Gasteiger partial charge is 0.444 e. The number of carbonyl (C=O) groups is 1. The zero-order valence-electron chi connectivity index (χ0n) is 15.0. The molecule has 0 bridgehead atoms. The molecule has 0 spiro atoms. The van der Waals surface area contributed by atoms with Gasteiger partial charge < -0.3 is 10.1 Å². The number of carbonyl (C=O) groups excluding carboxylic acids is 1. The van der Waals surface area contributed by atoms with Crippen LogP contribution in [0.3, 0.4) is 0 Å². The average molecular weight is 424 g/mol. The minimum atomic E-state index is -0.523. The minimum absolute atomic E-state index is 0.00415. The SMILES string of the molecule is CC(C)(C)OC(=O)N[C@H]1C[C@H](n2c(=O)n(C3CC3)c3nc(Br)cnc32)C1. The van der Waals surface area contributed by atoms with Crippen molar-refractivity contribution in [2.45, 2.75) is 70.2 Å². The van der Waals surface area contributed by atoms with E-state index in [1.54, 1.807) is 15.3 Å². The molecule has 2 aliphatic carbocycles. The Morgan fingerprint density at radius 1 is 1.23 bits per heavy atom. The molecule has 9 heteroatoms. The molecule has 4 rings (SSSR count). The van der Waals surface area contributed by atoms with E-state index in [0.29, 0.717) is 28.7 Å². The quantitative estimate of drug-likeness (QED) is 0.818. The van der Waals surface area contributed by atoms with E-state index < -0.39 is 11.7 Å². The van der Waals surface area contributed by atoms with Crippen LogP contribution in [0.4, 0.5) is 4.79 Å². The number of hydrogen-bond acceptors (Lipinski definition) is 5. The lowest BCUT2D eigenvalue weighted by molar-refractivity contribution is 0.0456. The fourth-order valence-electron chi connectivity index (χ4n) is 3.36. The summed E-state index contributed by atoms with van der Waals surface area (Å²) in [6.45, 7) is 5.50. The van der Waals surface area contributed by atoms with Crippen LogP contribution in [0, 0.1) is 0 Å². The smallest absolute Gasteiger partial charge is 0.407 e. The standard InChI is InChI=1S/C17H22BrN5O3/c1-17(2,3)26-15(24)20-9-6-11(7-9)23-13-14(21-12(18)8-19-13)22(16(23)25)10-4-5-10/h8-11H,4-7H2,1-3H3,(H,20,24)/t9-,11-. The molecule has 0 atom stereocenters. The van der Waals surface area contributed by atoms with Gasteiger partial charge in [0.15, 0.2) is 11.3 Å². The van der Waals surface area contributed by atoms with Gasteiger partial charge >= 0.3 is 11.8 Å². The Morgan fingerprint density at radius 3 is 2.50 bits per heavy atom. The summed E-state index contributed by atoms with van der Waals surface area (Å²) in [5.41, 5.74) is 0.674. The number of aromatic nitrogens is 4. The highest BCUT2D eigenvalue weighted by Gasteiger charge is 2.38. The molecular weight excluding hydrogens is 402 g/mol. The third-order valence-corrected chi connectivity index (χ3v) is 5.07. The predicted molar refractivity (Wildman–Crippen MR) is 99.2 cm³/mol. The molecule has 2 saturated carbocycles. The number of amides is 1. The van der Waals surface area contributed by atoms with Crippen LogP contribution < -0.4 is 11.0 Å². The molecule has 1 amide bonds. The van der Waals surface area contributed by atoms with Gasteiger partial charge in [-0.15, -0.1) is 0 Å². The van der Waals surface area contributed by atoms with Crippen molar-refractivity contribution in [3.63, 3.8) is 0 Å². The Balaban J connectivity index is 1.53. The Bertz CT molecular complexity index is 919. The lowest BCUT2D eigenvalue weighted by atomic mass is 9.86. The summed E-state index contributed by atoms with van der Waals surface area (Å²) >= 11 is 3.34. The van der Waals surface area contributed by atoms with Crippen LogP contribution in [-0.4, -0.2) is 36.8 Å². The molecular formula is C17H22BrN5O3. The molecule has 140 valence electrons. The van der Waals surface area contributed by atoms with Crippen LogP contribution in [0.2, 0.25) is 0 Å². The average Bonchev–Trinajstić information content (AvgIpc) is 3.26. The van der Waals surface area contributed by atoms with Gasteiger partial charge in [-0.1, -0.05) is 0 Å². The van der Waals surface area contributed by atoms with Crippen LogP contribution in [0.5, 0.6) is 0 Å². The third-order valence-electron chi connectivity index (χ3n) is 4.69. The maximum atomic E-state index is 13.0. The number of rotatable bonds is 3. The van der Waals surface area contributed by atoms with Crippen molar-refractivity contribution in [3.05, 3.63) is 21.3 Å². The van der Waals surface area contributed by atoms with E-state index in [1.165, 1.54) is 0 Å². The van der Waals surface area contributed by atoms with Crippen LogP contribution >= 0.6 is 15.9 Å². The summed E-state index contributed by atoms with van der Waals surface area (Å²) in [5.74, 6) is 0. The van der Waals surface area contributed by atoms with E-state index in [2.05, 4.69) is 31.2 Å². The molecule has 0 aromatic carbocycles. The molecule has 0 saturated heterocycles. The first-order chi connectivity index (χ1) is 12.2. The summed E-state index contributed by atoms with van der Waals surface area (Å²) in [5, 5.41) is 2.86. The normalized spacial score (nSPS) is 22.9. The second kappa shape index (κ2) is 6.07. The van der Waals surface area contributed by atoms with Crippen molar-refractivity contribution in [2.75, 3.05) is 0 Å². The number of halogens is 1. The summed E-state index contributed by atoms with van der Waals surface area (Å²) in [4.78, 5) is 33.7. The van der Waals surface area contributed by atoms with E-state index in [9.17, 15) is 9.59 Å². The zero-order valence-corrected chi connectivity index (χ0v) is 16.6. The Labute approximate surface area is 159 Å². The van der Waals surface area contributed by atoms with Gasteiger partial charge in [-0.25, -0.2) is 19.6 Å². The number of nitrogens with one attached hydrogen (secondary N) is 1. The van der Waals surface area contributed by atoms with Crippen LogP contribution in [-0.2, 0) is 4.74 Å². The zero-order chi connectivity index (χ0) is 18.6. The third kappa shape index (κ3) is 3.24. The molecule has 0 aliphatic heterocycles. The molecule has 2 aromatic heterocycles. The summed E-state index contributed by atoms with van der Waals surface area (Å²) in [6.07, 6.45) is 4.56. The maximum absolute atomic E-state index is 13.0. The van der Waals surface area contributed by atoms with Gasteiger partial charge in [0.2, 0.25) is 0 Å². The summed E-state index contributed by atoms with van der Waals surface area (Å²) in [7, 11) is 0. The van der Waals surface area contributed by atoms with Crippen molar-refractivity contribution in [1.29, 1.82) is 0 Å². The number of alkyl carbamates (subject to hydrolysis) is 1. The van der Waals surface area contributed by atoms with Crippen molar-refractivity contribution in [3.8, 4) is 0 Å². The topological polar surface area (TPSA) is 91.0 Å². The van der Waals surface area contributed by atoms with E-state index >= 15 is 0 Å². The highest BCUT2D eigenvalue weighted by atomic mass is 79.9. The van der Waals surface area contributed by atoms with Crippen molar-refractivity contribution in [1.82, 2.24) is 24.4 Å². The lowest BCUT2D eigenvalue weighted by Gasteiger charge is -2.36. The van der Waals surface area contributed by atoms with Gasteiger partial charge in [-0.3, -0.25) is 9.13 Å². The number of nitrogens with zero attached hydrogens (tertiary/aromatic N) is 4. The predicted octanol–water partition coefficient (Wildman–Crippen LogP) is 2.92. The molecule has 2 heterocycles. The van der Waals surface area contributed by atoms with Gasteiger partial charge in [0, 0.05) is 18.1 Å². The van der Waals surface area contributed by atoms with Crippen LogP contribution in [0.1, 0.15) is 58.5 Å². The molecule has 1 N–H and O–H groups in total. The van der Waals surface area contributed by atoms with Gasteiger partial charge in [0.05, 0.1) is 6.20 Å². The van der Waals surface area contributed by atoms with Crippen LogP contribution in [0.25, 0.3) is 11.3 Å². The second-order valence-corrected chi connectivity index (χ2v) is 8.87. The lowest BCUT2D eigenvalue weighted by Crippen LogP contribution is -2.48. The molecule has 26 heavy (non-hydrogen) atoms. The van der Waals surface area contributed by atoms with Crippen molar-refractivity contribution < 1.29 is 9.53 Å². The van der Waals surface area contributed by atoms with E-state index in [0.717, 1.165) is 12.8 Å². The summed E-state index contributed by atoms with van der Waals surface area (Å²) in [6, 6.07) is 0.246. The number of imidazole rings is 1. The van der Waals surface area contributed by atoms with E-state index in [-0.39, 0.29) is 23.8 Å². The van der Waals surface area contributed by atoms with Gasteiger partial charge in [0.25, 0.3) is 0 Å². The van der Waals surface area contributed by atoms with Crippen molar-refractivity contribution >= 4 is 33.3 Å². The first kappa shape index (κ1) is 17.5.